The fraction of sp³-hybridized carbons (Fsp3) is 0.412. The molecule has 1 aromatic heterocycles. The maximum atomic E-state index is 12.5. The number of hydrogen-bond acceptors (Lipinski definition) is 4. The van der Waals surface area contributed by atoms with Crippen LogP contribution >= 0.6 is 0 Å². The summed E-state index contributed by atoms with van der Waals surface area (Å²) in [6, 6.07) is 5.24. The highest BCUT2D eigenvalue weighted by atomic mass is 16.5. The topological polar surface area (TPSA) is 65.4 Å². The van der Waals surface area contributed by atoms with Crippen LogP contribution in [0.25, 0.3) is 0 Å². The first-order chi connectivity index (χ1) is 11.0. The van der Waals surface area contributed by atoms with E-state index in [1.165, 1.54) is 7.11 Å². The number of rotatable bonds is 6. The SMILES string of the molecule is CCn1nc(C)c(CNC(=O)c2cccc(OC)c2OC)c1C. The molecule has 6 heteroatoms. The minimum Gasteiger partial charge on any atom is -0.493 e. The van der Waals surface area contributed by atoms with Crippen LogP contribution in [0.5, 0.6) is 11.5 Å². The number of methoxy groups -OCH3 is 2. The van der Waals surface area contributed by atoms with Crippen LogP contribution in [0, 0.1) is 13.8 Å². The maximum absolute atomic E-state index is 12.5. The van der Waals surface area contributed by atoms with Crippen molar-refractivity contribution in [2.45, 2.75) is 33.9 Å². The van der Waals surface area contributed by atoms with Crippen molar-refractivity contribution in [3.63, 3.8) is 0 Å². The van der Waals surface area contributed by atoms with E-state index >= 15 is 0 Å². The van der Waals surface area contributed by atoms with Crippen LogP contribution in [0.3, 0.4) is 0 Å². The maximum Gasteiger partial charge on any atom is 0.255 e. The molecule has 0 aliphatic heterocycles. The van der Waals surface area contributed by atoms with E-state index in [0.717, 1.165) is 23.5 Å². The Morgan fingerprint density at radius 3 is 2.57 bits per heavy atom. The average molecular weight is 317 g/mol. The third-order valence-corrected chi connectivity index (χ3v) is 3.90. The molecule has 0 aliphatic carbocycles. The highest BCUT2D eigenvalue weighted by molar-refractivity contribution is 5.97. The summed E-state index contributed by atoms with van der Waals surface area (Å²) in [4.78, 5) is 12.5. The number of nitrogens with zero attached hydrogens (tertiary/aromatic N) is 2. The summed E-state index contributed by atoms with van der Waals surface area (Å²) in [6.45, 7) is 7.24. The van der Waals surface area contributed by atoms with Gasteiger partial charge >= 0.3 is 0 Å². The molecule has 2 rings (SSSR count). The zero-order chi connectivity index (χ0) is 17.0. The zero-order valence-electron chi connectivity index (χ0n) is 14.3. The van der Waals surface area contributed by atoms with Gasteiger partial charge in [-0.2, -0.15) is 5.10 Å². The van der Waals surface area contributed by atoms with E-state index in [-0.39, 0.29) is 5.91 Å². The van der Waals surface area contributed by atoms with Crippen molar-refractivity contribution in [2.75, 3.05) is 14.2 Å². The van der Waals surface area contributed by atoms with Crippen LogP contribution in [-0.4, -0.2) is 29.9 Å². The van der Waals surface area contributed by atoms with Gasteiger partial charge in [0, 0.05) is 24.3 Å². The van der Waals surface area contributed by atoms with Gasteiger partial charge in [-0.05, 0) is 32.9 Å². The molecule has 0 fully saturated rings. The number of nitrogens with one attached hydrogen (secondary N) is 1. The van der Waals surface area contributed by atoms with E-state index in [2.05, 4.69) is 10.4 Å². The third kappa shape index (κ3) is 3.31. The quantitative estimate of drug-likeness (QED) is 0.889. The highest BCUT2D eigenvalue weighted by Crippen LogP contribution is 2.30. The van der Waals surface area contributed by atoms with E-state index in [0.29, 0.717) is 23.6 Å². The van der Waals surface area contributed by atoms with Crippen molar-refractivity contribution in [1.82, 2.24) is 15.1 Å². The molecule has 0 unspecified atom stereocenters. The summed E-state index contributed by atoms with van der Waals surface area (Å²) >= 11 is 0. The Labute approximate surface area is 136 Å². The minimum atomic E-state index is -0.205. The van der Waals surface area contributed by atoms with Gasteiger partial charge in [-0.25, -0.2) is 0 Å². The van der Waals surface area contributed by atoms with Crippen LogP contribution in [-0.2, 0) is 13.1 Å². The first kappa shape index (κ1) is 16.9. The second kappa shape index (κ2) is 7.17. The van der Waals surface area contributed by atoms with E-state index in [1.807, 2.05) is 25.5 Å². The van der Waals surface area contributed by atoms with Gasteiger partial charge < -0.3 is 14.8 Å². The molecule has 1 aromatic carbocycles. The number of benzene rings is 1. The number of ether oxygens (including phenoxy) is 2. The van der Waals surface area contributed by atoms with Gasteiger partial charge in [-0.1, -0.05) is 6.07 Å². The summed E-state index contributed by atoms with van der Waals surface area (Å²) in [5.74, 6) is 0.764. The molecule has 0 saturated heterocycles. The molecule has 2 aromatic rings. The zero-order valence-corrected chi connectivity index (χ0v) is 14.3. The van der Waals surface area contributed by atoms with Crippen LogP contribution in [0.15, 0.2) is 18.2 Å². The van der Waals surface area contributed by atoms with Crippen molar-refractivity contribution >= 4 is 5.91 Å². The molecular formula is C17H23N3O3. The molecular weight excluding hydrogens is 294 g/mol. The molecule has 0 spiro atoms. The first-order valence-corrected chi connectivity index (χ1v) is 7.55. The molecule has 23 heavy (non-hydrogen) atoms. The number of para-hydroxylation sites is 1. The summed E-state index contributed by atoms with van der Waals surface area (Å²) in [7, 11) is 3.07. The van der Waals surface area contributed by atoms with E-state index in [9.17, 15) is 4.79 Å². The summed E-state index contributed by atoms with van der Waals surface area (Å²) in [6.07, 6.45) is 0. The van der Waals surface area contributed by atoms with Gasteiger partial charge in [0.25, 0.3) is 5.91 Å². The lowest BCUT2D eigenvalue weighted by molar-refractivity contribution is 0.0947. The molecule has 0 atom stereocenters. The Balaban J connectivity index is 2.19. The van der Waals surface area contributed by atoms with Gasteiger partial charge in [-0.3, -0.25) is 9.48 Å². The third-order valence-electron chi connectivity index (χ3n) is 3.90. The Morgan fingerprint density at radius 1 is 1.26 bits per heavy atom. The van der Waals surface area contributed by atoms with Gasteiger partial charge in [0.05, 0.1) is 25.5 Å². The lowest BCUT2D eigenvalue weighted by Crippen LogP contribution is -2.24. The standard InChI is InChI=1S/C17H23N3O3/c1-6-20-12(3)14(11(2)19-20)10-18-17(21)13-8-7-9-15(22-4)16(13)23-5/h7-9H,6,10H2,1-5H3,(H,18,21). The summed E-state index contributed by atoms with van der Waals surface area (Å²) in [5.41, 5.74) is 3.50. The first-order valence-electron chi connectivity index (χ1n) is 7.55. The molecule has 0 aliphatic rings. The van der Waals surface area contributed by atoms with Crippen molar-refractivity contribution in [1.29, 1.82) is 0 Å². The van der Waals surface area contributed by atoms with Crippen LogP contribution in [0.1, 0.15) is 34.2 Å². The molecule has 1 amide bonds. The smallest absolute Gasteiger partial charge is 0.255 e. The molecule has 0 radical (unpaired) electrons. The van der Waals surface area contributed by atoms with Gasteiger partial charge in [-0.15, -0.1) is 0 Å². The fourth-order valence-electron chi connectivity index (χ4n) is 2.63. The van der Waals surface area contributed by atoms with Crippen LogP contribution in [0.2, 0.25) is 0 Å². The summed E-state index contributed by atoms with van der Waals surface area (Å²) in [5, 5.41) is 7.39. The van der Waals surface area contributed by atoms with Gasteiger partial charge in [0.1, 0.15) is 0 Å². The number of aryl methyl sites for hydroxylation is 2. The number of carbonyl (C=O) groups excluding carboxylic acids is 1. The lowest BCUT2D eigenvalue weighted by Gasteiger charge is -2.12. The highest BCUT2D eigenvalue weighted by Gasteiger charge is 2.17. The molecule has 6 nitrogen and oxygen atoms in total. The minimum absolute atomic E-state index is 0.205. The fourth-order valence-corrected chi connectivity index (χ4v) is 2.63. The van der Waals surface area contributed by atoms with Crippen molar-refractivity contribution in [3.8, 4) is 11.5 Å². The second-order valence-electron chi connectivity index (χ2n) is 5.19. The normalized spacial score (nSPS) is 10.5. The molecule has 0 bridgehead atoms. The molecule has 1 N–H and O–H groups in total. The van der Waals surface area contributed by atoms with Crippen LogP contribution < -0.4 is 14.8 Å². The lowest BCUT2D eigenvalue weighted by atomic mass is 10.1. The van der Waals surface area contributed by atoms with E-state index in [1.54, 1.807) is 25.3 Å². The van der Waals surface area contributed by atoms with Gasteiger partial charge in [0.15, 0.2) is 11.5 Å². The van der Waals surface area contributed by atoms with Gasteiger partial charge in [0.2, 0.25) is 0 Å². The number of amides is 1. The molecule has 1 heterocycles. The van der Waals surface area contributed by atoms with Crippen LogP contribution in [0.4, 0.5) is 0 Å². The predicted octanol–water partition coefficient (Wildman–Crippen LogP) is 2.47. The monoisotopic (exact) mass is 317 g/mol. The molecule has 0 saturated carbocycles. The Morgan fingerprint density at radius 2 is 2.00 bits per heavy atom. The van der Waals surface area contributed by atoms with Crippen molar-refractivity contribution < 1.29 is 14.3 Å². The number of aromatic nitrogens is 2. The van der Waals surface area contributed by atoms with E-state index < -0.39 is 0 Å². The average Bonchev–Trinajstić information content (AvgIpc) is 2.85. The molecule has 124 valence electrons. The van der Waals surface area contributed by atoms with Crippen molar-refractivity contribution in [2.24, 2.45) is 0 Å². The van der Waals surface area contributed by atoms with E-state index in [4.69, 9.17) is 9.47 Å². The Bertz CT molecular complexity index is 707. The Hall–Kier alpha value is -2.50. The number of hydrogen-bond donors (Lipinski definition) is 1. The summed E-state index contributed by atoms with van der Waals surface area (Å²) < 4.78 is 12.5. The Kier molecular flexibility index (Phi) is 5.26. The number of carbonyl (C=O) groups is 1. The predicted molar refractivity (Wildman–Crippen MR) is 88.1 cm³/mol. The van der Waals surface area contributed by atoms with Crippen molar-refractivity contribution in [3.05, 3.63) is 40.7 Å². The second-order valence-corrected chi connectivity index (χ2v) is 5.19. The largest absolute Gasteiger partial charge is 0.493 e.